The highest BCUT2D eigenvalue weighted by molar-refractivity contribution is 7.15. The summed E-state index contributed by atoms with van der Waals surface area (Å²) < 4.78 is 34.7. The van der Waals surface area contributed by atoms with Crippen molar-refractivity contribution in [1.82, 2.24) is 20.2 Å². The average Bonchev–Trinajstić information content (AvgIpc) is 3.29. The summed E-state index contributed by atoms with van der Waals surface area (Å²) in [6, 6.07) is 3.38. The smallest absolute Gasteiger partial charge is 0.414 e. The van der Waals surface area contributed by atoms with Crippen LogP contribution in [0.5, 0.6) is 0 Å². The minimum atomic E-state index is -2.84. The van der Waals surface area contributed by atoms with Crippen LogP contribution in [0.3, 0.4) is 0 Å². The van der Waals surface area contributed by atoms with Crippen LogP contribution in [0.15, 0.2) is 35.1 Å². The number of hydrogen-bond donors (Lipinski definition) is 0. The van der Waals surface area contributed by atoms with E-state index in [-0.39, 0.29) is 12.4 Å². The van der Waals surface area contributed by atoms with Crippen LogP contribution in [0.4, 0.5) is 19.3 Å². The van der Waals surface area contributed by atoms with Gasteiger partial charge in [0, 0.05) is 6.20 Å². The molecule has 11 heteroatoms. The third kappa shape index (κ3) is 3.76. The van der Waals surface area contributed by atoms with E-state index in [1.807, 2.05) is 0 Å². The van der Waals surface area contributed by atoms with E-state index < -0.39 is 18.4 Å². The molecule has 0 spiro atoms. The van der Waals surface area contributed by atoms with Crippen molar-refractivity contribution < 1.29 is 22.7 Å². The zero-order valence-corrected chi connectivity index (χ0v) is 13.6. The molecule has 3 heterocycles. The van der Waals surface area contributed by atoms with E-state index in [4.69, 9.17) is 9.15 Å². The Kier molecular flexibility index (Phi) is 4.93. The predicted molar refractivity (Wildman–Crippen MR) is 83.2 cm³/mol. The van der Waals surface area contributed by atoms with E-state index >= 15 is 0 Å². The second kappa shape index (κ2) is 7.30. The van der Waals surface area contributed by atoms with Gasteiger partial charge in [0.05, 0.1) is 31.7 Å². The molecule has 0 aliphatic carbocycles. The Balaban J connectivity index is 1.81. The first-order valence-electron chi connectivity index (χ1n) is 6.90. The number of amides is 1. The summed E-state index contributed by atoms with van der Waals surface area (Å²) in [6.45, 7) is 0.110. The molecule has 0 atom stereocenters. The molecule has 0 aliphatic heterocycles. The summed E-state index contributed by atoms with van der Waals surface area (Å²) in [6.07, 6.45) is 1.09. The number of alkyl halides is 2. The molecule has 130 valence electrons. The van der Waals surface area contributed by atoms with Crippen LogP contribution in [-0.4, -0.2) is 33.4 Å². The van der Waals surface area contributed by atoms with Gasteiger partial charge in [-0.15, -0.1) is 21.5 Å². The van der Waals surface area contributed by atoms with Gasteiger partial charge in [-0.1, -0.05) is 0 Å². The fraction of sp³-hybridized carbons (Fsp3) is 0.214. The Labute approximate surface area is 144 Å². The number of carbonyl (C=O) groups excluding carboxylic acids is 1. The van der Waals surface area contributed by atoms with Crippen molar-refractivity contribution in [2.75, 3.05) is 12.0 Å². The number of methoxy groups -OCH3 is 1. The van der Waals surface area contributed by atoms with Crippen molar-refractivity contribution in [3.63, 3.8) is 0 Å². The zero-order valence-electron chi connectivity index (χ0n) is 12.8. The second-order valence-corrected chi connectivity index (χ2v) is 5.75. The molecule has 1 amide bonds. The van der Waals surface area contributed by atoms with Crippen molar-refractivity contribution in [2.45, 2.75) is 13.0 Å². The van der Waals surface area contributed by atoms with Crippen LogP contribution in [0.25, 0.3) is 10.8 Å². The minimum Gasteiger partial charge on any atom is -0.452 e. The zero-order chi connectivity index (χ0) is 17.8. The van der Waals surface area contributed by atoms with Gasteiger partial charge in [0.1, 0.15) is 9.88 Å². The third-order valence-electron chi connectivity index (χ3n) is 3.04. The molecule has 3 aromatic rings. The van der Waals surface area contributed by atoms with Gasteiger partial charge in [-0.2, -0.15) is 8.78 Å². The number of ether oxygens (including phenoxy) is 1. The quantitative estimate of drug-likeness (QED) is 0.683. The standard InChI is InChI=1S/C14H11F2N5O3S/c1-23-14(22)21(8-3-2-4-17-5-8)7-10-18-6-9(25-10)12-19-20-13(24-12)11(15)16/h2-6,11H,7H2,1H3. The molecule has 0 bridgehead atoms. The molecule has 0 aromatic carbocycles. The molecule has 0 fully saturated rings. The van der Waals surface area contributed by atoms with Crippen LogP contribution in [0, 0.1) is 0 Å². The topological polar surface area (TPSA) is 94.2 Å². The molecule has 0 N–H and O–H groups in total. The minimum absolute atomic E-state index is 0.0509. The number of thiazole rings is 1. The van der Waals surface area contributed by atoms with Crippen molar-refractivity contribution in [3.8, 4) is 10.8 Å². The van der Waals surface area contributed by atoms with Crippen molar-refractivity contribution >= 4 is 23.1 Å². The number of halogens is 2. The van der Waals surface area contributed by atoms with E-state index in [2.05, 4.69) is 20.2 Å². The lowest BCUT2D eigenvalue weighted by molar-refractivity contribution is 0.116. The van der Waals surface area contributed by atoms with Crippen molar-refractivity contribution in [1.29, 1.82) is 0 Å². The summed E-state index contributed by atoms with van der Waals surface area (Å²) in [7, 11) is 1.27. The summed E-state index contributed by atoms with van der Waals surface area (Å²) in [5, 5.41) is 7.37. The highest BCUT2D eigenvalue weighted by Crippen LogP contribution is 2.29. The molecule has 0 saturated carbocycles. The van der Waals surface area contributed by atoms with Crippen molar-refractivity contribution in [2.24, 2.45) is 0 Å². The van der Waals surface area contributed by atoms with E-state index in [9.17, 15) is 13.6 Å². The molecule has 8 nitrogen and oxygen atoms in total. The number of rotatable bonds is 5. The Morgan fingerprint density at radius 2 is 2.24 bits per heavy atom. The Morgan fingerprint density at radius 1 is 1.40 bits per heavy atom. The number of aromatic nitrogens is 4. The summed E-state index contributed by atoms with van der Waals surface area (Å²) in [5.74, 6) is -0.804. The van der Waals surface area contributed by atoms with Crippen LogP contribution in [0.2, 0.25) is 0 Å². The average molecular weight is 367 g/mol. The first-order valence-corrected chi connectivity index (χ1v) is 7.72. The molecule has 0 unspecified atom stereocenters. The van der Waals surface area contributed by atoms with Gasteiger partial charge in [0.25, 0.3) is 11.8 Å². The molecular formula is C14H11F2N5O3S. The van der Waals surface area contributed by atoms with E-state index in [1.54, 1.807) is 18.3 Å². The lowest BCUT2D eigenvalue weighted by Crippen LogP contribution is -2.30. The van der Waals surface area contributed by atoms with Gasteiger partial charge >= 0.3 is 12.5 Å². The maximum absolute atomic E-state index is 12.5. The second-order valence-electron chi connectivity index (χ2n) is 4.63. The van der Waals surface area contributed by atoms with E-state index in [0.717, 1.165) is 11.3 Å². The molecular weight excluding hydrogens is 356 g/mol. The number of carbonyl (C=O) groups is 1. The fourth-order valence-electron chi connectivity index (χ4n) is 1.92. The van der Waals surface area contributed by atoms with Crippen LogP contribution >= 0.6 is 11.3 Å². The molecule has 0 aliphatic rings. The number of anilines is 1. The number of pyridine rings is 1. The molecule has 0 saturated heterocycles. The highest BCUT2D eigenvalue weighted by atomic mass is 32.1. The van der Waals surface area contributed by atoms with Gasteiger partial charge < -0.3 is 9.15 Å². The first kappa shape index (κ1) is 16.9. The largest absolute Gasteiger partial charge is 0.452 e. The summed E-state index contributed by atoms with van der Waals surface area (Å²) in [5.41, 5.74) is 0.531. The van der Waals surface area contributed by atoms with Gasteiger partial charge in [-0.3, -0.25) is 9.88 Å². The lowest BCUT2D eigenvalue weighted by atomic mass is 10.4. The molecule has 3 aromatic heterocycles. The number of hydrogen-bond acceptors (Lipinski definition) is 8. The monoisotopic (exact) mass is 367 g/mol. The van der Waals surface area contributed by atoms with Crippen molar-refractivity contribution in [3.05, 3.63) is 41.6 Å². The lowest BCUT2D eigenvalue weighted by Gasteiger charge is -2.19. The van der Waals surface area contributed by atoms with E-state index in [1.165, 1.54) is 24.4 Å². The number of nitrogens with zero attached hydrogens (tertiary/aromatic N) is 5. The first-order chi connectivity index (χ1) is 12.1. The van der Waals surface area contributed by atoms with Gasteiger partial charge in [0.2, 0.25) is 0 Å². The van der Waals surface area contributed by atoms with E-state index in [0.29, 0.717) is 15.6 Å². The van der Waals surface area contributed by atoms with Crippen LogP contribution in [-0.2, 0) is 11.3 Å². The molecule has 25 heavy (non-hydrogen) atoms. The SMILES string of the molecule is COC(=O)N(Cc1ncc(-c2nnc(C(F)F)o2)s1)c1cccnc1. The molecule has 3 rings (SSSR count). The maximum atomic E-state index is 12.5. The normalized spacial score (nSPS) is 10.9. The Hall–Kier alpha value is -2.95. The molecule has 0 radical (unpaired) electrons. The Bertz CT molecular complexity index is 855. The van der Waals surface area contributed by atoms with Crippen LogP contribution < -0.4 is 4.90 Å². The van der Waals surface area contributed by atoms with Gasteiger partial charge in [-0.25, -0.2) is 9.78 Å². The Morgan fingerprint density at radius 3 is 2.88 bits per heavy atom. The summed E-state index contributed by atoms with van der Waals surface area (Å²) >= 11 is 1.14. The highest BCUT2D eigenvalue weighted by Gasteiger charge is 2.21. The third-order valence-corrected chi connectivity index (χ3v) is 4.01. The predicted octanol–water partition coefficient (Wildman–Crippen LogP) is 3.30. The summed E-state index contributed by atoms with van der Waals surface area (Å²) in [4.78, 5) is 21.9. The van der Waals surface area contributed by atoms with Crippen LogP contribution in [0.1, 0.15) is 17.3 Å². The van der Waals surface area contributed by atoms with Gasteiger partial charge in [-0.05, 0) is 12.1 Å². The van der Waals surface area contributed by atoms with Gasteiger partial charge in [0.15, 0.2) is 0 Å². The maximum Gasteiger partial charge on any atom is 0.414 e. The fourth-order valence-corrected chi connectivity index (χ4v) is 2.75.